The molecule has 0 spiro atoms. The van der Waals surface area contributed by atoms with Crippen LogP contribution in [0.1, 0.15) is 44.0 Å². The minimum absolute atomic E-state index is 0.402. The molecule has 3 N–H and O–H groups in total. The zero-order chi connectivity index (χ0) is 12.3. The number of nitrogens with two attached hydrogens (primary N) is 1. The number of nitrogens with one attached hydrogen (secondary N) is 1. The van der Waals surface area contributed by atoms with Crippen LogP contribution >= 0.6 is 0 Å². The lowest BCUT2D eigenvalue weighted by Crippen LogP contribution is -2.42. The number of rotatable bonds is 5. The van der Waals surface area contributed by atoms with Gasteiger partial charge < -0.3 is 0 Å². The van der Waals surface area contributed by atoms with Gasteiger partial charge in [0.2, 0.25) is 0 Å². The maximum atomic E-state index is 5.72. The van der Waals surface area contributed by atoms with Gasteiger partial charge in [0.15, 0.2) is 0 Å². The lowest BCUT2D eigenvalue weighted by Gasteiger charge is -2.22. The fourth-order valence-electron chi connectivity index (χ4n) is 2.98. The summed E-state index contributed by atoms with van der Waals surface area (Å²) in [7, 11) is 0. The lowest BCUT2D eigenvalue weighted by atomic mass is 9.94. The first-order chi connectivity index (χ1) is 8.24. The minimum atomic E-state index is 0.402. The van der Waals surface area contributed by atoms with E-state index < -0.39 is 0 Å². The number of hydrazine groups is 1. The minimum Gasteiger partial charge on any atom is -0.271 e. The van der Waals surface area contributed by atoms with Crippen LogP contribution in [0.25, 0.3) is 0 Å². The summed E-state index contributed by atoms with van der Waals surface area (Å²) in [5, 5.41) is 4.49. The number of aryl methyl sites for hydroxylation is 2. The molecule has 96 valence electrons. The first-order valence-electron chi connectivity index (χ1n) is 6.74. The molecule has 1 heterocycles. The molecular formula is C13H24N4. The van der Waals surface area contributed by atoms with Crippen molar-refractivity contribution in [2.75, 3.05) is 0 Å². The SMILES string of the molecule is CCn1nc(C)cc1CC(NN)C1CCCC1. The summed E-state index contributed by atoms with van der Waals surface area (Å²) >= 11 is 0. The number of hydrogen-bond acceptors (Lipinski definition) is 3. The summed E-state index contributed by atoms with van der Waals surface area (Å²) in [6.45, 7) is 5.12. The van der Waals surface area contributed by atoms with Crippen molar-refractivity contribution in [2.24, 2.45) is 11.8 Å². The summed E-state index contributed by atoms with van der Waals surface area (Å²) in [6, 6.07) is 2.59. The van der Waals surface area contributed by atoms with Crippen molar-refractivity contribution < 1.29 is 0 Å². The van der Waals surface area contributed by atoms with Crippen molar-refractivity contribution in [2.45, 2.75) is 58.5 Å². The number of hydrogen-bond donors (Lipinski definition) is 2. The second kappa shape index (κ2) is 5.65. The Morgan fingerprint density at radius 1 is 1.53 bits per heavy atom. The predicted molar refractivity (Wildman–Crippen MR) is 69.4 cm³/mol. The Morgan fingerprint density at radius 2 is 2.24 bits per heavy atom. The molecule has 0 bridgehead atoms. The standard InChI is InChI=1S/C13H24N4/c1-3-17-12(8-10(2)16-17)9-13(15-14)11-6-4-5-7-11/h8,11,13,15H,3-7,9,14H2,1-2H3. The lowest BCUT2D eigenvalue weighted by molar-refractivity contribution is 0.354. The van der Waals surface area contributed by atoms with Crippen molar-refractivity contribution in [1.82, 2.24) is 15.2 Å². The third kappa shape index (κ3) is 2.87. The molecule has 0 amide bonds. The Labute approximate surface area is 104 Å². The van der Waals surface area contributed by atoms with Crippen LogP contribution in [0.15, 0.2) is 6.07 Å². The fourth-order valence-corrected chi connectivity index (χ4v) is 2.98. The van der Waals surface area contributed by atoms with Gasteiger partial charge >= 0.3 is 0 Å². The quantitative estimate of drug-likeness (QED) is 0.605. The smallest absolute Gasteiger partial charge is 0.0596 e. The molecule has 4 nitrogen and oxygen atoms in total. The molecule has 1 fully saturated rings. The van der Waals surface area contributed by atoms with E-state index in [1.54, 1.807) is 0 Å². The van der Waals surface area contributed by atoms with Gasteiger partial charge in [0.05, 0.1) is 5.69 Å². The van der Waals surface area contributed by atoms with Gasteiger partial charge in [-0.1, -0.05) is 12.8 Å². The van der Waals surface area contributed by atoms with E-state index in [0.717, 1.165) is 24.6 Å². The van der Waals surface area contributed by atoms with Crippen LogP contribution in [-0.4, -0.2) is 15.8 Å². The van der Waals surface area contributed by atoms with Crippen LogP contribution in [0.5, 0.6) is 0 Å². The Balaban J connectivity index is 2.06. The summed E-state index contributed by atoms with van der Waals surface area (Å²) in [5.41, 5.74) is 5.42. The van der Waals surface area contributed by atoms with Crippen LogP contribution < -0.4 is 11.3 Å². The fraction of sp³-hybridized carbons (Fsp3) is 0.769. The maximum Gasteiger partial charge on any atom is 0.0596 e. The second-order valence-electron chi connectivity index (χ2n) is 5.11. The zero-order valence-electron chi connectivity index (χ0n) is 10.9. The first-order valence-corrected chi connectivity index (χ1v) is 6.74. The van der Waals surface area contributed by atoms with E-state index in [2.05, 4.69) is 35.1 Å². The van der Waals surface area contributed by atoms with Gasteiger partial charge in [-0.15, -0.1) is 0 Å². The number of aromatic nitrogens is 2. The van der Waals surface area contributed by atoms with Crippen molar-refractivity contribution in [3.05, 3.63) is 17.5 Å². The van der Waals surface area contributed by atoms with Crippen LogP contribution in [-0.2, 0) is 13.0 Å². The summed E-state index contributed by atoms with van der Waals surface area (Å²) in [4.78, 5) is 0. The molecule has 17 heavy (non-hydrogen) atoms. The summed E-state index contributed by atoms with van der Waals surface area (Å²) < 4.78 is 2.09. The molecular weight excluding hydrogens is 212 g/mol. The molecule has 1 atom stereocenters. The van der Waals surface area contributed by atoms with E-state index in [-0.39, 0.29) is 0 Å². The van der Waals surface area contributed by atoms with Crippen LogP contribution in [0, 0.1) is 12.8 Å². The second-order valence-corrected chi connectivity index (χ2v) is 5.11. The molecule has 1 unspecified atom stereocenters. The summed E-state index contributed by atoms with van der Waals surface area (Å²) in [5.74, 6) is 6.46. The highest BCUT2D eigenvalue weighted by Gasteiger charge is 2.25. The average molecular weight is 236 g/mol. The molecule has 4 heteroatoms. The Bertz CT molecular complexity index is 352. The van der Waals surface area contributed by atoms with E-state index in [0.29, 0.717) is 6.04 Å². The largest absolute Gasteiger partial charge is 0.271 e. The molecule has 0 radical (unpaired) electrons. The molecule has 1 aliphatic rings. The monoisotopic (exact) mass is 236 g/mol. The Morgan fingerprint density at radius 3 is 2.82 bits per heavy atom. The number of nitrogens with zero attached hydrogens (tertiary/aromatic N) is 2. The molecule has 1 aromatic rings. The zero-order valence-corrected chi connectivity index (χ0v) is 10.9. The Hall–Kier alpha value is -0.870. The molecule has 0 aromatic carbocycles. The molecule has 2 rings (SSSR count). The van der Waals surface area contributed by atoms with E-state index in [1.165, 1.54) is 31.4 Å². The third-order valence-electron chi connectivity index (χ3n) is 3.90. The average Bonchev–Trinajstić information content (AvgIpc) is 2.94. The first kappa shape index (κ1) is 12.6. The van der Waals surface area contributed by atoms with Gasteiger partial charge in [0.25, 0.3) is 0 Å². The topological polar surface area (TPSA) is 55.9 Å². The van der Waals surface area contributed by atoms with Gasteiger partial charge in [-0.05, 0) is 38.7 Å². The molecule has 0 saturated heterocycles. The van der Waals surface area contributed by atoms with Gasteiger partial charge in [-0.2, -0.15) is 5.10 Å². The van der Waals surface area contributed by atoms with E-state index in [9.17, 15) is 0 Å². The van der Waals surface area contributed by atoms with Gasteiger partial charge in [-0.25, -0.2) is 0 Å². The van der Waals surface area contributed by atoms with Crippen molar-refractivity contribution >= 4 is 0 Å². The van der Waals surface area contributed by atoms with Gasteiger partial charge in [-0.3, -0.25) is 16.0 Å². The molecule has 1 aromatic heterocycles. The van der Waals surface area contributed by atoms with E-state index >= 15 is 0 Å². The van der Waals surface area contributed by atoms with Crippen molar-refractivity contribution in [3.63, 3.8) is 0 Å². The predicted octanol–water partition coefficient (Wildman–Crippen LogP) is 1.78. The van der Waals surface area contributed by atoms with Crippen LogP contribution in [0.2, 0.25) is 0 Å². The highest BCUT2D eigenvalue weighted by Crippen LogP contribution is 2.29. The highest BCUT2D eigenvalue weighted by molar-refractivity contribution is 5.11. The molecule has 0 aliphatic heterocycles. The molecule has 1 saturated carbocycles. The van der Waals surface area contributed by atoms with Gasteiger partial charge in [0, 0.05) is 24.7 Å². The summed E-state index contributed by atoms with van der Waals surface area (Å²) in [6.07, 6.45) is 6.34. The van der Waals surface area contributed by atoms with E-state index in [4.69, 9.17) is 5.84 Å². The van der Waals surface area contributed by atoms with Gasteiger partial charge in [0.1, 0.15) is 0 Å². The molecule has 1 aliphatic carbocycles. The Kier molecular flexibility index (Phi) is 4.18. The van der Waals surface area contributed by atoms with Crippen LogP contribution in [0.4, 0.5) is 0 Å². The van der Waals surface area contributed by atoms with E-state index in [1.807, 2.05) is 0 Å². The third-order valence-corrected chi connectivity index (χ3v) is 3.90. The van der Waals surface area contributed by atoms with Crippen molar-refractivity contribution in [1.29, 1.82) is 0 Å². The van der Waals surface area contributed by atoms with Crippen LogP contribution in [0.3, 0.4) is 0 Å². The highest BCUT2D eigenvalue weighted by atomic mass is 15.3. The van der Waals surface area contributed by atoms with Crippen molar-refractivity contribution in [3.8, 4) is 0 Å². The normalized spacial score (nSPS) is 18.8. The maximum absolute atomic E-state index is 5.72.